The molecule has 1 amide bonds. The first-order valence-electron chi connectivity index (χ1n) is 6.12. The number of nitrogens with two attached hydrogens (primary N) is 1. The number of amides is 1. The van der Waals surface area contributed by atoms with Gasteiger partial charge in [0.1, 0.15) is 0 Å². The van der Waals surface area contributed by atoms with Gasteiger partial charge in [-0.3, -0.25) is 4.79 Å². The molecule has 0 aliphatic carbocycles. The number of primary sulfonamides is 1. The minimum Gasteiger partial charge on any atom is -0.312 e. The highest BCUT2D eigenvalue weighted by atomic mass is 32.2. The summed E-state index contributed by atoms with van der Waals surface area (Å²) in [5.74, 6) is -0.651. The van der Waals surface area contributed by atoms with Crippen LogP contribution in [0.3, 0.4) is 0 Å². The molecule has 0 aromatic heterocycles. The van der Waals surface area contributed by atoms with Crippen LogP contribution in [-0.2, 0) is 14.8 Å². The van der Waals surface area contributed by atoms with E-state index in [1.165, 1.54) is 4.90 Å². The van der Waals surface area contributed by atoms with Crippen LogP contribution in [0, 0.1) is 24.2 Å². The van der Waals surface area contributed by atoms with Crippen molar-refractivity contribution in [2.45, 2.75) is 13.3 Å². The number of carbonyl (C=O) groups is 1. The van der Waals surface area contributed by atoms with E-state index in [0.717, 1.165) is 5.56 Å². The number of anilines is 1. The van der Waals surface area contributed by atoms with Crippen LogP contribution in [0.15, 0.2) is 18.2 Å². The number of benzene rings is 1. The summed E-state index contributed by atoms with van der Waals surface area (Å²) >= 11 is 0. The van der Waals surface area contributed by atoms with Gasteiger partial charge in [-0.05, 0) is 24.6 Å². The third kappa shape index (κ3) is 3.15. The third-order valence-corrected chi connectivity index (χ3v) is 4.26. The summed E-state index contributed by atoms with van der Waals surface area (Å²) in [4.78, 5) is 13.5. The predicted molar refractivity (Wildman–Crippen MR) is 74.3 cm³/mol. The Morgan fingerprint density at radius 1 is 1.50 bits per heavy atom. The highest BCUT2D eigenvalue weighted by molar-refractivity contribution is 7.89. The van der Waals surface area contributed by atoms with Crippen molar-refractivity contribution < 1.29 is 13.2 Å². The average molecular weight is 293 g/mol. The summed E-state index contributed by atoms with van der Waals surface area (Å²) in [6, 6.07) is 7.24. The van der Waals surface area contributed by atoms with Gasteiger partial charge in [0.15, 0.2) is 0 Å². The number of sulfonamides is 1. The number of nitriles is 1. The number of aryl methyl sites for hydroxylation is 1. The molecule has 0 radical (unpaired) electrons. The van der Waals surface area contributed by atoms with Gasteiger partial charge in [0.05, 0.1) is 17.4 Å². The first kappa shape index (κ1) is 14.5. The van der Waals surface area contributed by atoms with E-state index in [1.54, 1.807) is 18.2 Å². The van der Waals surface area contributed by atoms with Gasteiger partial charge in [0.2, 0.25) is 15.9 Å². The molecule has 20 heavy (non-hydrogen) atoms. The second-order valence-electron chi connectivity index (χ2n) is 5.02. The molecule has 2 rings (SSSR count). The van der Waals surface area contributed by atoms with Gasteiger partial charge in [-0.2, -0.15) is 5.26 Å². The maximum atomic E-state index is 12.0. The Morgan fingerprint density at radius 3 is 2.80 bits per heavy atom. The van der Waals surface area contributed by atoms with Crippen molar-refractivity contribution >= 4 is 21.6 Å². The second-order valence-corrected chi connectivity index (χ2v) is 6.67. The molecule has 106 valence electrons. The lowest BCUT2D eigenvalue weighted by Gasteiger charge is -2.17. The van der Waals surface area contributed by atoms with Gasteiger partial charge in [-0.25, -0.2) is 13.6 Å². The molecule has 1 atom stereocenters. The fourth-order valence-corrected chi connectivity index (χ4v) is 3.25. The summed E-state index contributed by atoms with van der Waals surface area (Å²) in [7, 11) is -3.59. The molecule has 6 nitrogen and oxygen atoms in total. The fourth-order valence-electron chi connectivity index (χ4n) is 2.37. The molecule has 1 fully saturated rings. The van der Waals surface area contributed by atoms with Crippen LogP contribution in [0.5, 0.6) is 0 Å². The van der Waals surface area contributed by atoms with Gasteiger partial charge in [-0.15, -0.1) is 0 Å². The molecule has 1 unspecified atom stereocenters. The molecule has 0 saturated carbocycles. The topological polar surface area (TPSA) is 104 Å². The Morgan fingerprint density at radius 2 is 2.20 bits per heavy atom. The summed E-state index contributed by atoms with van der Waals surface area (Å²) in [5, 5.41) is 14.0. The van der Waals surface area contributed by atoms with E-state index in [9.17, 15) is 13.2 Å². The van der Waals surface area contributed by atoms with Crippen molar-refractivity contribution in [1.82, 2.24) is 0 Å². The summed E-state index contributed by atoms with van der Waals surface area (Å²) in [5.41, 5.74) is 1.96. The quantitative estimate of drug-likeness (QED) is 0.876. The van der Waals surface area contributed by atoms with E-state index in [-0.39, 0.29) is 24.0 Å². The van der Waals surface area contributed by atoms with E-state index < -0.39 is 10.0 Å². The largest absolute Gasteiger partial charge is 0.312 e. The molecule has 0 spiro atoms. The Bertz CT molecular complexity index is 691. The minimum absolute atomic E-state index is 0.147. The lowest BCUT2D eigenvalue weighted by Crippen LogP contribution is -2.27. The lowest BCUT2D eigenvalue weighted by atomic mass is 10.1. The zero-order valence-corrected chi connectivity index (χ0v) is 11.9. The summed E-state index contributed by atoms with van der Waals surface area (Å²) in [6.07, 6.45) is 0.159. The normalized spacial score (nSPS) is 19.1. The van der Waals surface area contributed by atoms with Crippen molar-refractivity contribution in [3.63, 3.8) is 0 Å². The third-order valence-electron chi connectivity index (χ3n) is 3.33. The zero-order valence-electron chi connectivity index (χ0n) is 11.0. The van der Waals surface area contributed by atoms with E-state index in [1.807, 2.05) is 6.92 Å². The summed E-state index contributed by atoms with van der Waals surface area (Å²) in [6.45, 7) is 2.13. The molecule has 0 bridgehead atoms. The number of carbonyl (C=O) groups excluding carboxylic acids is 1. The molecule has 1 aromatic carbocycles. The first-order chi connectivity index (χ1) is 9.30. The molecule has 7 heteroatoms. The summed E-state index contributed by atoms with van der Waals surface area (Å²) < 4.78 is 22.2. The van der Waals surface area contributed by atoms with Crippen molar-refractivity contribution in [1.29, 1.82) is 5.26 Å². The van der Waals surface area contributed by atoms with Crippen LogP contribution in [0.1, 0.15) is 17.5 Å². The van der Waals surface area contributed by atoms with Crippen LogP contribution in [0.4, 0.5) is 5.69 Å². The predicted octanol–water partition coefficient (Wildman–Crippen LogP) is 0.508. The molecule has 1 aromatic rings. The van der Waals surface area contributed by atoms with Crippen molar-refractivity contribution in [3.05, 3.63) is 29.3 Å². The van der Waals surface area contributed by atoms with Crippen LogP contribution < -0.4 is 10.0 Å². The first-order valence-corrected chi connectivity index (χ1v) is 7.83. The van der Waals surface area contributed by atoms with Gasteiger partial charge < -0.3 is 4.90 Å². The van der Waals surface area contributed by atoms with Gasteiger partial charge in [0.25, 0.3) is 0 Å². The fraction of sp³-hybridized carbons (Fsp3) is 0.385. The van der Waals surface area contributed by atoms with Crippen LogP contribution in [-0.4, -0.2) is 26.6 Å². The van der Waals surface area contributed by atoms with Gasteiger partial charge in [-0.1, -0.05) is 6.07 Å². The molecule has 1 aliphatic rings. The van der Waals surface area contributed by atoms with Crippen LogP contribution in [0.2, 0.25) is 0 Å². The highest BCUT2D eigenvalue weighted by Crippen LogP contribution is 2.27. The number of hydrogen-bond acceptors (Lipinski definition) is 4. The molecule has 2 N–H and O–H groups in total. The van der Waals surface area contributed by atoms with E-state index in [4.69, 9.17) is 10.4 Å². The Labute approximate surface area is 117 Å². The lowest BCUT2D eigenvalue weighted by molar-refractivity contribution is -0.117. The van der Waals surface area contributed by atoms with E-state index in [0.29, 0.717) is 17.8 Å². The average Bonchev–Trinajstić information content (AvgIpc) is 2.68. The maximum absolute atomic E-state index is 12.0. The maximum Gasteiger partial charge on any atom is 0.227 e. The highest BCUT2D eigenvalue weighted by Gasteiger charge is 2.32. The molecular formula is C13H15N3O3S. The molecule has 1 saturated heterocycles. The minimum atomic E-state index is -3.59. The smallest absolute Gasteiger partial charge is 0.227 e. The Hall–Kier alpha value is -1.91. The van der Waals surface area contributed by atoms with E-state index in [2.05, 4.69) is 6.07 Å². The molecule has 1 heterocycles. The van der Waals surface area contributed by atoms with Crippen molar-refractivity contribution in [2.24, 2.45) is 11.1 Å². The van der Waals surface area contributed by atoms with Crippen LogP contribution >= 0.6 is 0 Å². The van der Waals surface area contributed by atoms with Gasteiger partial charge >= 0.3 is 0 Å². The monoisotopic (exact) mass is 293 g/mol. The molecular weight excluding hydrogens is 278 g/mol. The Balaban J connectivity index is 2.22. The van der Waals surface area contributed by atoms with E-state index >= 15 is 0 Å². The van der Waals surface area contributed by atoms with Crippen molar-refractivity contribution in [2.75, 3.05) is 17.2 Å². The Kier molecular flexibility index (Phi) is 3.79. The number of nitrogens with zero attached hydrogens (tertiary/aromatic N) is 2. The van der Waals surface area contributed by atoms with Crippen molar-refractivity contribution in [3.8, 4) is 6.07 Å². The van der Waals surface area contributed by atoms with Crippen LogP contribution in [0.25, 0.3) is 0 Å². The zero-order chi connectivity index (χ0) is 14.9. The standard InChI is InChI=1S/C13H15N3O3S/c1-9-2-3-12(5-11(9)6-14)16-7-10(4-13(16)17)8-20(15,18)19/h2-3,5,10H,4,7-8H2,1H3,(H2,15,18,19). The number of hydrogen-bond donors (Lipinski definition) is 1. The SMILES string of the molecule is Cc1ccc(N2CC(CS(N)(=O)=O)CC2=O)cc1C#N. The van der Waals surface area contributed by atoms with Gasteiger partial charge in [0, 0.05) is 24.6 Å². The molecule has 1 aliphatic heterocycles. The second kappa shape index (κ2) is 5.23. The number of rotatable bonds is 3.